The number of fused-ring (bicyclic) bond motifs is 6. The minimum absolute atomic E-state index is 0.151. The van der Waals surface area contributed by atoms with Gasteiger partial charge in [-0.15, -0.1) is 0 Å². The van der Waals surface area contributed by atoms with Crippen molar-refractivity contribution in [1.82, 2.24) is 15.0 Å². The average molecular weight is 760 g/mol. The Morgan fingerprint density at radius 1 is 0.339 bits per heavy atom. The Hall–Kier alpha value is -7.63. The quantitative estimate of drug-likeness (QED) is 0.169. The van der Waals surface area contributed by atoms with Gasteiger partial charge in [0.15, 0.2) is 40.5 Å². The van der Waals surface area contributed by atoms with Crippen LogP contribution in [0.25, 0.3) is 78.7 Å². The molecule has 0 atom stereocenters. The van der Waals surface area contributed by atoms with Gasteiger partial charge in [0.25, 0.3) is 0 Å². The third-order valence-corrected chi connectivity index (χ3v) is 11.7. The second-order valence-electron chi connectivity index (χ2n) is 15.6. The lowest BCUT2D eigenvalue weighted by Crippen LogP contribution is -2.15. The molecule has 5 heteroatoms. The van der Waals surface area contributed by atoms with Crippen LogP contribution in [0.4, 0.5) is 0 Å². The van der Waals surface area contributed by atoms with Crippen molar-refractivity contribution in [1.29, 1.82) is 0 Å². The summed E-state index contributed by atoms with van der Waals surface area (Å²) >= 11 is 0. The molecule has 1 aromatic heterocycles. The minimum Gasteiger partial charge on any atom is -0.449 e. The van der Waals surface area contributed by atoms with E-state index < -0.39 is 0 Å². The minimum atomic E-state index is -0.151. The van der Waals surface area contributed by atoms with E-state index in [0.717, 1.165) is 67.1 Å². The molecule has 11 rings (SSSR count). The number of hydrogen-bond acceptors (Lipinski definition) is 5. The number of nitrogens with zero attached hydrogens (tertiary/aromatic N) is 3. The molecular weight excluding hydrogens is 723 g/mol. The van der Waals surface area contributed by atoms with Crippen molar-refractivity contribution in [2.45, 2.75) is 19.3 Å². The van der Waals surface area contributed by atoms with E-state index in [0.29, 0.717) is 29.0 Å². The summed E-state index contributed by atoms with van der Waals surface area (Å²) in [5.74, 6) is 4.58. The third kappa shape index (κ3) is 5.98. The summed E-state index contributed by atoms with van der Waals surface area (Å²) in [6, 6.07) is 64.8. The zero-order chi connectivity index (χ0) is 39.5. The first-order valence-corrected chi connectivity index (χ1v) is 19.9. The molecule has 1 aliphatic heterocycles. The summed E-state index contributed by atoms with van der Waals surface area (Å²) in [6.45, 7) is 4.54. The molecule has 5 nitrogen and oxygen atoms in total. The second kappa shape index (κ2) is 13.8. The predicted octanol–water partition coefficient (Wildman–Crippen LogP) is 14.1. The summed E-state index contributed by atoms with van der Waals surface area (Å²) in [5, 5.41) is 0. The van der Waals surface area contributed by atoms with E-state index in [9.17, 15) is 0 Å². The highest BCUT2D eigenvalue weighted by Gasteiger charge is 2.39. The zero-order valence-electron chi connectivity index (χ0n) is 32.6. The van der Waals surface area contributed by atoms with Crippen LogP contribution < -0.4 is 9.47 Å². The highest BCUT2D eigenvalue weighted by Crippen LogP contribution is 2.58. The molecule has 2 heterocycles. The van der Waals surface area contributed by atoms with Gasteiger partial charge in [-0.2, -0.15) is 0 Å². The first-order valence-electron chi connectivity index (χ1n) is 19.9. The van der Waals surface area contributed by atoms with Crippen LogP contribution in [0.15, 0.2) is 188 Å². The first kappa shape index (κ1) is 34.6. The maximum absolute atomic E-state index is 6.85. The number of aromatic nitrogens is 3. The Balaban J connectivity index is 1.00. The molecule has 1 aliphatic carbocycles. The molecule has 2 aliphatic rings. The Bertz CT molecular complexity index is 2950. The number of ether oxygens (including phenoxy) is 2. The van der Waals surface area contributed by atoms with Gasteiger partial charge < -0.3 is 9.47 Å². The standard InChI is InChI=1S/C54H37N3O2/c1-54(2)44-20-12-11-19-43(44)49-45(54)30-32-47-50(49)59-48-33-40(29-31-46(48)58-47)41-17-9-10-18-42(41)53-56-51(38-25-21-36(22-26-38)34-13-5-3-6-14-34)55-52(57-53)39-27-23-37(24-28-39)35-15-7-4-8-16-35/h3-33H,1-2H3. The van der Waals surface area contributed by atoms with Crippen LogP contribution in [0.5, 0.6) is 23.0 Å². The fraction of sp³-hybridized carbons (Fsp3) is 0.0556. The molecule has 0 bridgehead atoms. The van der Waals surface area contributed by atoms with Crippen molar-refractivity contribution >= 4 is 0 Å². The van der Waals surface area contributed by atoms with E-state index >= 15 is 0 Å². The molecular formula is C54H37N3O2. The second-order valence-corrected chi connectivity index (χ2v) is 15.6. The zero-order valence-corrected chi connectivity index (χ0v) is 32.6. The monoisotopic (exact) mass is 759 g/mol. The van der Waals surface area contributed by atoms with E-state index in [4.69, 9.17) is 24.4 Å². The fourth-order valence-corrected chi connectivity index (χ4v) is 8.56. The lowest BCUT2D eigenvalue weighted by atomic mass is 9.82. The Kier molecular flexibility index (Phi) is 8.09. The molecule has 0 amide bonds. The van der Waals surface area contributed by atoms with E-state index in [1.807, 2.05) is 36.4 Å². The molecule has 9 aromatic rings. The van der Waals surface area contributed by atoms with Gasteiger partial charge in [0.05, 0.1) is 0 Å². The van der Waals surface area contributed by atoms with Gasteiger partial charge >= 0.3 is 0 Å². The van der Waals surface area contributed by atoms with Crippen LogP contribution in [-0.2, 0) is 5.41 Å². The number of hydrogen-bond donors (Lipinski definition) is 0. The molecule has 0 unspecified atom stereocenters. The van der Waals surface area contributed by atoms with Crippen molar-refractivity contribution < 1.29 is 9.47 Å². The predicted molar refractivity (Wildman–Crippen MR) is 237 cm³/mol. The Labute approximate surface area is 343 Å². The Morgan fingerprint density at radius 3 is 1.44 bits per heavy atom. The molecule has 0 radical (unpaired) electrons. The SMILES string of the molecule is CC1(C)c2ccccc2-c2c1ccc1c2Oc2cc(-c3ccccc3-c3nc(-c4ccc(-c5ccccc5)cc4)nc(-c4ccc(-c5ccccc5)cc4)n3)ccc2O1. The summed E-state index contributed by atoms with van der Waals surface area (Å²) in [7, 11) is 0. The smallest absolute Gasteiger partial charge is 0.178 e. The van der Waals surface area contributed by atoms with Crippen LogP contribution in [0.1, 0.15) is 25.0 Å². The molecule has 59 heavy (non-hydrogen) atoms. The fourth-order valence-electron chi connectivity index (χ4n) is 8.56. The number of benzene rings is 8. The molecule has 0 spiro atoms. The Morgan fingerprint density at radius 2 is 0.814 bits per heavy atom. The molecule has 0 N–H and O–H groups in total. The van der Waals surface area contributed by atoms with E-state index in [1.165, 1.54) is 16.7 Å². The van der Waals surface area contributed by atoms with Crippen molar-refractivity contribution in [2.24, 2.45) is 0 Å². The van der Waals surface area contributed by atoms with Gasteiger partial charge in [-0.05, 0) is 68.3 Å². The van der Waals surface area contributed by atoms with Gasteiger partial charge in [-0.25, -0.2) is 15.0 Å². The van der Waals surface area contributed by atoms with Crippen LogP contribution in [0, 0.1) is 0 Å². The lowest BCUT2D eigenvalue weighted by molar-refractivity contribution is 0.360. The maximum Gasteiger partial charge on any atom is 0.178 e. The highest BCUT2D eigenvalue weighted by molar-refractivity contribution is 5.89. The molecule has 280 valence electrons. The van der Waals surface area contributed by atoms with Crippen molar-refractivity contribution in [3.63, 3.8) is 0 Å². The molecule has 0 fully saturated rings. The summed E-state index contributed by atoms with van der Waals surface area (Å²) in [6.07, 6.45) is 0. The van der Waals surface area contributed by atoms with Crippen LogP contribution >= 0.6 is 0 Å². The summed E-state index contributed by atoms with van der Waals surface area (Å²) in [5.41, 5.74) is 13.8. The maximum atomic E-state index is 6.85. The average Bonchev–Trinajstić information content (AvgIpc) is 3.54. The summed E-state index contributed by atoms with van der Waals surface area (Å²) < 4.78 is 13.4. The highest BCUT2D eigenvalue weighted by atomic mass is 16.6. The molecule has 0 saturated heterocycles. The molecule has 0 saturated carbocycles. The largest absolute Gasteiger partial charge is 0.449 e. The lowest BCUT2D eigenvalue weighted by Gasteiger charge is -2.25. The number of rotatable bonds is 6. The normalized spacial score (nSPS) is 13.0. The van der Waals surface area contributed by atoms with E-state index in [1.54, 1.807) is 0 Å². The van der Waals surface area contributed by atoms with Gasteiger partial charge in [0.1, 0.15) is 0 Å². The van der Waals surface area contributed by atoms with Gasteiger partial charge in [0, 0.05) is 27.7 Å². The van der Waals surface area contributed by atoms with Gasteiger partial charge in [-0.3, -0.25) is 0 Å². The van der Waals surface area contributed by atoms with E-state index in [-0.39, 0.29) is 5.41 Å². The van der Waals surface area contributed by atoms with Crippen molar-refractivity contribution in [3.8, 4) is 102 Å². The van der Waals surface area contributed by atoms with Crippen molar-refractivity contribution in [2.75, 3.05) is 0 Å². The van der Waals surface area contributed by atoms with Crippen LogP contribution in [0.2, 0.25) is 0 Å². The third-order valence-electron chi connectivity index (χ3n) is 11.7. The van der Waals surface area contributed by atoms with Crippen LogP contribution in [0.3, 0.4) is 0 Å². The van der Waals surface area contributed by atoms with Gasteiger partial charge in [-0.1, -0.05) is 184 Å². The van der Waals surface area contributed by atoms with Crippen LogP contribution in [-0.4, -0.2) is 15.0 Å². The van der Waals surface area contributed by atoms with Gasteiger partial charge in [0.2, 0.25) is 0 Å². The van der Waals surface area contributed by atoms with E-state index in [2.05, 4.69) is 166 Å². The first-order chi connectivity index (χ1) is 29.0. The van der Waals surface area contributed by atoms with Crippen molar-refractivity contribution in [3.05, 3.63) is 199 Å². The molecule has 8 aromatic carbocycles. The topological polar surface area (TPSA) is 57.1 Å². The summed E-state index contributed by atoms with van der Waals surface area (Å²) in [4.78, 5) is 15.4.